The number of fused-ring (bicyclic) bond motifs is 1. The first-order chi connectivity index (χ1) is 18.0. The number of benzene rings is 3. The van der Waals surface area contributed by atoms with Gasteiger partial charge in [-0.05, 0) is 69.9 Å². The lowest BCUT2D eigenvalue weighted by molar-refractivity contribution is 0.0203. The summed E-state index contributed by atoms with van der Waals surface area (Å²) in [6.45, 7) is 8.32. The average Bonchev–Trinajstić information content (AvgIpc) is 2.88. The van der Waals surface area contributed by atoms with Crippen LogP contribution in [0.3, 0.4) is 0 Å². The molecule has 0 atom stereocenters. The fourth-order valence-corrected chi connectivity index (χ4v) is 6.01. The van der Waals surface area contributed by atoms with Crippen molar-refractivity contribution in [2.24, 2.45) is 0 Å². The van der Waals surface area contributed by atoms with Gasteiger partial charge in [-0.25, -0.2) is 17.9 Å². The predicted molar refractivity (Wildman–Crippen MR) is 149 cm³/mol. The van der Waals surface area contributed by atoms with Gasteiger partial charge in [-0.1, -0.05) is 43.3 Å². The molecule has 0 spiro atoms. The van der Waals surface area contributed by atoms with E-state index in [0.29, 0.717) is 48.0 Å². The smallest absolute Gasteiger partial charge is 0.410 e. The Balaban J connectivity index is 1.49. The van der Waals surface area contributed by atoms with E-state index in [9.17, 15) is 18.0 Å². The number of anilines is 1. The highest BCUT2D eigenvalue weighted by Crippen LogP contribution is 2.30. The second-order valence-corrected chi connectivity index (χ2v) is 12.2. The standard InChI is InChI=1S/C29H35N3O5S/c1-5-20-10-12-21(13-11-20)27(33)30-25-14-15-26(24-9-7-6-8-23(24)25)38(35,36)31-22-16-18-32(19-17-22)28(34)37-29(2,3)4/h6-15,22,31H,5,16-19H2,1-4H3,(H,30,33). The van der Waals surface area contributed by atoms with Crippen LogP contribution in [0.5, 0.6) is 0 Å². The van der Waals surface area contributed by atoms with Crippen LogP contribution in [0.4, 0.5) is 10.5 Å². The molecule has 1 heterocycles. The van der Waals surface area contributed by atoms with Crippen molar-refractivity contribution in [2.75, 3.05) is 18.4 Å². The summed E-state index contributed by atoms with van der Waals surface area (Å²) in [5.74, 6) is -0.261. The lowest BCUT2D eigenvalue weighted by atomic mass is 10.1. The summed E-state index contributed by atoms with van der Waals surface area (Å²) in [6.07, 6.45) is 1.48. The van der Waals surface area contributed by atoms with E-state index in [1.807, 2.05) is 39.0 Å². The molecule has 8 nitrogen and oxygen atoms in total. The molecule has 0 bridgehead atoms. The van der Waals surface area contributed by atoms with Crippen molar-refractivity contribution in [3.8, 4) is 0 Å². The molecule has 1 aliphatic rings. The van der Waals surface area contributed by atoms with Crippen molar-refractivity contribution in [1.29, 1.82) is 0 Å². The molecular weight excluding hydrogens is 502 g/mol. The first-order valence-electron chi connectivity index (χ1n) is 12.9. The zero-order valence-electron chi connectivity index (χ0n) is 22.3. The summed E-state index contributed by atoms with van der Waals surface area (Å²) in [7, 11) is -3.86. The first-order valence-corrected chi connectivity index (χ1v) is 14.4. The number of aryl methyl sites for hydroxylation is 1. The van der Waals surface area contributed by atoms with E-state index in [1.54, 1.807) is 41.3 Å². The second-order valence-electron chi connectivity index (χ2n) is 10.5. The van der Waals surface area contributed by atoms with Gasteiger partial charge in [-0.15, -0.1) is 0 Å². The molecule has 0 aliphatic carbocycles. The van der Waals surface area contributed by atoms with Crippen LogP contribution in [0.2, 0.25) is 0 Å². The van der Waals surface area contributed by atoms with Crippen molar-refractivity contribution < 1.29 is 22.7 Å². The molecule has 0 radical (unpaired) electrons. The minimum absolute atomic E-state index is 0.146. The molecule has 3 aromatic rings. The van der Waals surface area contributed by atoms with E-state index < -0.39 is 15.6 Å². The van der Waals surface area contributed by atoms with Crippen LogP contribution in [-0.2, 0) is 21.2 Å². The minimum atomic E-state index is -3.86. The number of rotatable bonds is 6. The van der Waals surface area contributed by atoms with E-state index in [-0.39, 0.29) is 22.9 Å². The Labute approximate surface area is 224 Å². The van der Waals surface area contributed by atoms with Gasteiger partial charge in [0.05, 0.1) is 4.90 Å². The summed E-state index contributed by atoms with van der Waals surface area (Å²) >= 11 is 0. The van der Waals surface area contributed by atoms with Gasteiger partial charge in [0.25, 0.3) is 5.91 Å². The number of ether oxygens (including phenoxy) is 1. The highest BCUT2D eigenvalue weighted by atomic mass is 32.2. The maximum Gasteiger partial charge on any atom is 0.410 e. The fourth-order valence-electron chi connectivity index (χ4n) is 4.49. The molecule has 1 fully saturated rings. The van der Waals surface area contributed by atoms with Crippen LogP contribution in [-0.4, -0.2) is 50.1 Å². The third-order valence-electron chi connectivity index (χ3n) is 6.51. The van der Waals surface area contributed by atoms with Gasteiger partial charge in [0, 0.05) is 41.2 Å². The Kier molecular flexibility index (Phi) is 8.08. The van der Waals surface area contributed by atoms with Crippen LogP contribution >= 0.6 is 0 Å². The number of carbonyl (C=O) groups excluding carboxylic acids is 2. The summed E-state index contributed by atoms with van der Waals surface area (Å²) < 4.78 is 35.1. The Morgan fingerprint density at radius 3 is 2.18 bits per heavy atom. The Morgan fingerprint density at radius 1 is 0.947 bits per heavy atom. The van der Waals surface area contributed by atoms with Gasteiger partial charge >= 0.3 is 6.09 Å². The van der Waals surface area contributed by atoms with Crippen molar-refractivity contribution in [3.05, 3.63) is 71.8 Å². The van der Waals surface area contributed by atoms with Crippen LogP contribution in [0, 0.1) is 0 Å². The minimum Gasteiger partial charge on any atom is -0.444 e. The Hall–Kier alpha value is -3.43. The monoisotopic (exact) mass is 537 g/mol. The van der Waals surface area contributed by atoms with Gasteiger partial charge in [0.15, 0.2) is 0 Å². The maximum absolute atomic E-state index is 13.4. The molecule has 202 valence electrons. The fraction of sp³-hybridized carbons (Fsp3) is 0.379. The topological polar surface area (TPSA) is 105 Å². The molecule has 4 rings (SSSR count). The Morgan fingerprint density at radius 2 is 1.58 bits per heavy atom. The quantitative estimate of drug-likeness (QED) is 0.442. The first kappa shape index (κ1) is 27.6. The average molecular weight is 538 g/mol. The number of likely N-dealkylation sites (tertiary alicyclic amines) is 1. The van der Waals surface area contributed by atoms with Crippen LogP contribution in [0.15, 0.2) is 65.6 Å². The number of hydrogen-bond acceptors (Lipinski definition) is 5. The van der Waals surface area contributed by atoms with Gasteiger partial charge in [0.1, 0.15) is 5.60 Å². The van der Waals surface area contributed by atoms with Gasteiger partial charge in [-0.2, -0.15) is 0 Å². The molecule has 2 N–H and O–H groups in total. The lowest BCUT2D eigenvalue weighted by Crippen LogP contribution is -2.47. The zero-order chi connectivity index (χ0) is 27.5. The Bertz CT molecular complexity index is 1420. The molecular formula is C29H35N3O5S. The van der Waals surface area contributed by atoms with Crippen LogP contribution in [0.1, 0.15) is 56.5 Å². The normalized spacial score (nSPS) is 14.9. The number of amides is 2. The zero-order valence-corrected chi connectivity index (χ0v) is 23.1. The van der Waals surface area contributed by atoms with Gasteiger partial charge in [0.2, 0.25) is 10.0 Å². The molecule has 1 saturated heterocycles. The lowest BCUT2D eigenvalue weighted by Gasteiger charge is -2.33. The third kappa shape index (κ3) is 6.52. The van der Waals surface area contributed by atoms with E-state index in [2.05, 4.69) is 17.0 Å². The number of nitrogens with one attached hydrogen (secondary N) is 2. The third-order valence-corrected chi connectivity index (χ3v) is 8.09. The summed E-state index contributed by atoms with van der Waals surface area (Å²) in [5, 5.41) is 4.08. The van der Waals surface area contributed by atoms with Crippen molar-refractivity contribution in [2.45, 2.75) is 63.5 Å². The SMILES string of the molecule is CCc1ccc(C(=O)Nc2ccc(S(=O)(=O)NC3CCN(C(=O)OC(C)(C)C)CC3)c3ccccc23)cc1. The molecule has 0 saturated carbocycles. The summed E-state index contributed by atoms with van der Waals surface area (Å²) in [6, 6.07) is 17.4. The highest BCUT2D eigenvalue weighted by Gasteiger charge is 2.30. The van der Waals surface area contributed by atoms with E-state index in [1.165, 1.54) is 6.07 Å². The van der Waals surface area contributed by atoms with Crippen LogP contribution in [0.25, 0.3) is 10.8 Å². The molecule has 9 heteroatoms. The van der Waals surface area contributed by atoms with E-state index in [0.717, 1.165) is 12.0 Å². The van der Waals surface area contributed by atoms with Crippen LogP contribution < -0.4 is 10.0 Å². The molecule has 2 amide bonds. The number of piperidine rings is 1. The largest absolute Gasteiger partial charge is 0.444 e. The summed E-state index contributed by atoms with van der Waals surface area (Å²) in [4.78, 5) is 27.0. The van der Waals surface area contributed by atoms with Crippen molar-refractivity contribution in [1.82, 2.24) is 9.62 Å². The maximum atomic E-state index is 13.4. The van der Waals surface area contributed by atoms with Crippen molar-refractivity contribution in [3.63, 3.8) is 0 Å². The number of carbonyl (C=O) groups is 2. The highest BCUT2D eigenvalue weighted by molar-refractivity contribution is 7.89. The molecule has 0 aromatic heterocycles. The molecule has 1 aliphatic heterocycles. The molecule has 38 heavy (non-hydrogen) atoms. The predicted octanol–water partition coefficient (Wildman–Crippen LogP) is 5.33. The molecule has 0 unspecified atom stereocenters. The van der Waals surface area contributed by atoms with Crippen molar-refractivity contribution >= 4 is 38.5 Å². The van der Waals surface area contributed by atoms with E-state index in [4.69, 9.17) is 4.74 Å². The number of nitrogens with zero attached hydrogens (tertiary/aromatic N) is 1. The summed E-state index contributed by atoms with van der Waals surface area (Å²) in [5.41, 5.74) is 1.63. The second kappa shape index (κ2) is 11.1. The molecule has 3 aromatic carbocycles. The van der Waals surface area contributed by atoms with Gasteiger partial charge < -0.3 is 15.0 Å². The number of sulfonamides is 1. The van der Waals surface area contributed by atoms with Gasteiger partial charge in [-0.3, -0.25) is 4.79 Å². The van der Waals surface area contributed by atoms with E-state index >= 15 is 0 Å². The number of hydrogen-bond donors (Lipinski definition) is 2.